The average Bonchev–Trinajstić information content (AvgIpc) is 3.09. The van der Waals surface area contributed by atoms with Crippen molar-refractivity contribution in [2.75, 3.05) is 6.61 Å². The second-order valence-electron chi connectivity index (χ2n) is 5.38. The second kappa shape index (κ2) is 7.00. The van der Waals surface area contributed by atoms with Gasteiger partial charge in [-0.1, -0.05) is 18.2 Å². The molecule has 0 radical (unpaired) electrons. The first-order valence-electron chi connectivity index (χ1n) is 7.52. The highest BCUT2D eigenvalue weighted by Gasteiger charge is 2.39. The van der Waals surface area contributed by atoms with Crippen LogP contribution in [0.1, 0.15) is 12.2 Å². The Morgan fingerprint density at radius 2 is 2.04 bits per heavy atom. The van der Waals surface area contributed by atoms with Crippen LogP contribution in [0.25, 0.3) is 0 Å². The van der Waals surface area contributed by atoms with Gasteiger partial charge >= 0.3 is 0 Å². The lowest BCUT2D eigenvalue weighted by molar-refractivity contribution is -0.137. The van der Waals surface area contributed by atoms with Crippen molar-refractivity contribution >= 4 is 11.8 Å². The number of benzene rings is 1. The van der Waals surface area contributed by atoms with E-state index in [1.807, 2.05) is 30.3 Å². The third-order valence-corrected chi connectivity index (χ3v) is 3.72. The van der Waals surface area contributed by atoms with Crippen molar-refractivity contribution in [3.63, 3.8) is 0 Å². The molecule has 1 aliphatic heterocycles. The van der Waals surface area contributed by atoms with Crippen LogP contribution in [0.15, 0.2) is 53.1 Å². The molecule has 3 rings (SSSR count). The lowest BCUT2D eigenvalue weighted by Crippen LogP contribution is -2.69. The number of nitrogens with one attached hydrogen (secondary N) is 2. The van der Waals surface area contributed by atoms with Gasteiger partial charge in [-0.3, -0.25) is 9.59 Å². The van der Waals surface area contributed by atoms with Crippen LogP contribution >= 0.6 is 0 Å². The highest BCUT2D eigenvalue weighted by atomic mass is 16.5. The molecule has 1 aromatic heterocycles. The van der Waals surface area contributed by atoms with Crippen molar-refractivity contribution in [1.29, 1.82) is 0 Å². The molecule has 0 bridgehead atoms. The van der Waals surface area contributed by atoms with E-state index in [1.54, 1.807) is 18.4 Å². The number of hydrogen-bond donors (Lipinski definition) is 2. The van der Waals surface area contributed by atoms with E-state index in [-0.39, 0.29) is 24.5 Å². The number of aryl methyl sites for hydroxylation is 1. The normalized spacial score (nSPS) is 19.6. The van der Waals surface area contributed by atoms with Gasteiger partial charge in [0, 0.05) is 6.42 Å². The Labute approximate surface area is 133 Å². The standard InChI is InChI=1S/C17H18N2O4/c20-15(11-23-12-5-2-1-3-6-12)19-16-14(18-17(16)21)9-8-13-7-4-10-22-13/h1-7,10,14,16H,8-9,11H2,(H,18,21)(H,19,20)/t14-,16+/m0/s1. The number of carbonyl (C=O) groups excluding carboxylic acids is 2. The van der Waals surface area contributed by atoms with Crippen LogP contribution < -0.4 is 15.4 Å². The summed E-state index contributed by atoms with van der Waals surface area (Å²) < 4.78 is 10.6. The minimum Gasteiger partial charge on any atom is -0.484 e. The van der Waals surface area contributed by atoms with Crippen molar-refractivity contribution in [2.24, 2.45) is 0 Å². The van der Waals surface area contributed by atoms with Gasteiger partial charge in [0.15, 0.2) is 6.61 Å². The van der Waals surface area contributed by atoms with Gasteiger partial charge in [0.2, 0.25) is 5.91 Å². The molecule has 2 N–H and O–H groups in total. The lowest BCUT2D eigenvalue weighted by Gasteiger charge is -2.37. The van der Waals surface area contributed by atoms with Gasteiger partial charge in [0.1, 0.15) is 17.6 Å². The maximum atomic E-state index is 11.9. The van der Waals surface area contributed by atoms with Gasteiger partial charge < -0.3 is 19.8 Å². The molecule has 1 saturated heterocycles. The number of carbonyl (C=O) groups is 2. The molecule has 2 heterocycles. The summed E-state index contributed by atoms with van der Waals surface area (Å²) in [5, 5.41) is 5.51. The van der Waals surface area contributed by atoms with Gasteiger partial charge in [0.25, 0.3) is 5.91 Å². The molecule has 0 spiro atoms. The molecule has 1 aromatic carbocycles. The lowest BCUT2D eigenvalue weighted by atomic mass is 9.94. The molecule has 6 nitrogen and oxygen atoms in total. The smallest absolute Gasteiger partial charge is 0.258 e. The van der Waals surface area contributed by atoms with E-state index in [0.29, 0.717) is 18.6 Å². The van der Waals surface area contributed by atoms with Crippen molar-refractivity contribution in [3.05, 3.63) is 54.5 Å². The molecule has 2 aromatic rings. The molecular weight excluding hydrogens is 296 g/mol. The van der Waals surface area contributed by atoms with Gasteiger partial charge in [-0.25, -0.2) is 0 Å². The third-order valence-electron chi connectivity index (χ3n) is 3.72. The Morgan fingerprint density at radius 3 is 2.74 bits per heavy atom. The van der Waals surface area contributed by atoms with Crippen molar-refractivity contribution in [1.82, 2.24) is 10.6 Å². The second-order valence-corrected chi connectivity index (χ2v) is 5.38. The zero-order chi connectivity index (χ0) is 16.1. The van der Waals surface area contributed by atoms with Crippen LogP contribution in [0.2, 0.25) is 0 Å². The summed E-state index contributed by atoms with van der Waals surface area (Å²) in [7, 11) is 0. The third kappa shape index (κ3) is 3.91. The number of ether oxygens (including phenoxy) is 1. The highest BCUT2D eigenvalue weighted by Crippen LogP contribution is 2.14. The summed E-state index contributed by atoms with van der Waals surface area (Å²) >= 11 is 0. The zero-order valence-electron chi connectivity index (χ0n) is 12.5. The molecule has 0 saturated carbocycles. The summed E-state index contributed by atoms with van der Waals surface area (Å²) in [4.78, 5) is 23.5. The summed E-state index contributed by atoms with van der Waals surface area (Å²) in [6.07, 6.45) is 3.05. The number of rotatable bonds is 7. The molecule has 1 fully saturated rings. The van der Waals surface area contributed by atoms with Gasteiger partial charge in [-0.2, -0.15) is 0 Å². The van der Waals surface area contributed by atoms with Crippen molar-refractivity contribution in [2.45, 2.75) is 24.9 Å². The van der Waals surface area contributed by atoms with Crippen LogP contribution in [-0.4, -0.2) is 30.5 Å². The van der Waals surface area contributed by atoms with E-state index in [1.165, 1.54) is 0 Å². The Hall–Kier alpha value is -2.76. The number of para-hydroxylation sites is 1. The molecule has 6 heteroatoms. The summed E-state index contributed by atoms with van der Waals surface area (Å²) in [6.45, 7) is -0.112. The summed E-state index contributed by atoms with van der Waals surface area (Å²) in [5.41, 5.74) is 0. The molecule has 2 amide bonds. The predicted octanol–water partition coefficient (Wildman–Crippen LogP) is 1.27. The van der Waals surface area contributed by atoms with Crippen LogP contribution in [0.4, 0.5) is 0 Å². The highest BCUT2D eigenvalue weighted by molar-refractivity contribution is 5.93. The molecule has 23 heavy (non-hydrogen) atoms. The molecule has 1 aliphatic rings. The Balaban J connectivity index is 1.44. The molecule has 2 atom stereocenters. The first-order chi connectivity index (χ1) is 11.2. The van der Waals surface area contributed by atoms with E-state index < -0.39 is 6.04 Å². The Bertz CT molecular complexity index is 654. The van der Waals surface area contributed by atoms with Crippen LogP contribution in [-0.2, 0) is 16.0 Å². The molecule has 0 aliphatic carbocycles. The quantitative estimate of drug-likeness (QED) is 0.754. The Kier molecular flexibility index (Phi) is 4.61. The minimum atomic E-state index is -0.503. The van der Waals surface area contributed by atoms with E-state index in [9.17, 15) is 9.59 Å². The SMILES string of the molecule is O=C(COc1ccccc1)N[C@H]1C(=O)N[C@H]1CCc1ccco1. The number of hydrogen-bond acceptors (Lipinski definition) is 4. The fourth-order valence-corrected chi connectivity index (χ4v) is 2.48. The fraction of sp³-hybridized carbons (Fsp3) is 0.294. The summed E-state index contributed by atoms with van der Waals surface area (Å²) in [5.74, 6) is 1.01. The van der Waals surface area contributed by atoms with E-state index in [0.717, 1.165) is 5.76 Å². The van der Waals surface area contributed by atoms with Crippen LogP contribution in [0, 0.1) is 0 Å². The van der Waals surface area contributed by atoms with Crippen molar-refractivity contribution in [3.8, 4) is 5.75 Å². The number of β-lactam (4-membered cyclic amide) rings is 1. The zero-order valence-corrected chi connectivity index (χ0v) is 12.5. The van der Waals surface area contributed by atoms with Gasteiger partial charge in [0.05, 0.1) is 12.3 Å². The first-order valence-corrected chi connectivity index (χ1v) is 7.52. The van der Waals surface area contributed by atoms with Gasteiger partial charge in [-0.05, 0) is 30.7 Å². The monoisotopic (exact) mass is 314 g/mol. The topological polar surface area (TPSA) is 80.6 Å². The molecular formula is C17H18N2O4. The van der Waals surface area contributed by atoms with Crippen LogP contribution in [0.3, 0.4) is 0 Å². The van der Waals surface area contributed by atoms with Crippen molar-refractivity contribution < 1.29 is 18.7 Å². The fourth-order valence-electron chi connectivity index (χ4n) is 2.48. The number of furan rings is 1. The number of amides is 2. The average molecular weight is 314 g/mol. The minimum absolute atomic E-state index is 0.0757. The first kappa shape index (κ1) is 15.1. The molecule has 0 unspecified atom stereocenters. The maximum Gasteiger partial charge on any atom is 0.258 e. The summed E-state index contributed by atoms with van der Waals surface area (Å²) in [6, 6.07) is 12.2. The predicted molar refractivity (Wildman–Crippen MR) is 82.8 cm³/mol. The molecule has 120 valence electrons. The van der Waals surface area contributed by atoms with Gasteiger partial charge in [-0.15, -0.1) is 0 Å². The van der Waals surface area contributed by atoms with Crippen LogP contribution in [0.5, 0.6) is 5.75 Å². The van der Waals surface area contributed by atoms with E-state index in [2.05, 4.69) is 10.6 Å². The van der Waals surface area contributed by atoms with E-state index in [4.69, 9.17) is 9.15 Å². The maximum absolute atomic E-state index is 11.9. The Morgan fingerprint density at radius 1 is 1.22 bits per heavy atom. The largest absolute Gasteiger partial charge is 0.484 e. The van der Waals surface area contributed by atoms with E-state index >= 15 is 0 Å².